The maximum Gasteiger partial charge on any atom is 0.0589 e. The summed E-state index contributed by atoms with van der Waals surface area (Å²) in [4.78, 5) is 2.51. The molecule has 0 amide bonds. The summed E-state index contributed by atoms with van der Waals surface area (Å²) in [6, 6.07) is 0.566. The first kappa shape index (κ1) is 18.8. The molecule has 0 rings (SSSR count). The maximum atomic E-state index is 5.22. The van der Waals surface area contributed by atoms with Crippen molar-refractivity contribution in [2.24, 2.45) is 5.92 Å². The number of hydrogen-bond acceptors (Lipinski definition) is 4. The van der Waals surface area contributed by atoms with Gasteiger partial charge in [-0.05, 0) is 38.8 Å². The third-order valence-electron chi connectivity index (χ3n) is 3.67. The number of nitrogens with one attached hydrogen (secondary N) is 1. The standard InChI is InChI=1S/C15H34N2O2/c1-6-8-16-13-14(2)15(3)17(10-12-19-5)9-7-11-18-4/h14-16H,6-13H2,1-5H3. The van der Waals surface area contributed by atoms with Crippen LogP contribution in [0.1, 0.15) is 33.6 Å². The number of hydrogen-bond donors (Lipinski definition) is 1. The molecule has 0 spiro atoms. The molecule has 0 bridgehead atoms. The van der Waals surface area contributed by atoms with Crippen LogP contribution in [-0.2, 0) is 9.47 Å². The fourth-order valence-electron chi connectivity index (χ4n) is 2.18. The SMILES string of the molecule is CCCNCC(C)C(C)N(CCCOC)CCOC. The monoisotopic (exact) mass is 274 g/mol. The molecule has 116 valence electrons. The van der Waals surface area contributed by atoms with Crippen LogP contribution in [0, 0.1) is 5.92 Å². The molecule has 0 aromatic rings. The highest BCUT2D eigenvalue weighted by molar-refractivity contribution is 4.74. The van der Waals surface area contributed by atoms with E-state index in [4.69, 9.17) is 9.47 Å². The van der Waals surface area contributed by atoms with Crippen LogP contribution < -0.4 is 5.32 Å². The molecular weight excluding hydrogens is 240 g/mol. The van der Waals surface area contributed by atoms with Crippen molar-refractivity contribution in [1.29, 1.82) is 0 Å². The Bertz CT molecular complexity index is 191. The maximum absolute atomic E-state index is 5.22. The fraction of sp³-hybridized carbons (Fsp3) is 1.00. The van der Waals surface area contributed by atoms with Gasteiger partial charge in [-0.15, -0.1) is 0 Å². The van der Waals surface area contributed by atoms with Gasteiger partial charge in [0.2, 0.25) is 0 Å². The Labute approximate surface area is 119 Å². The van der Waals surface area contributed by atoms with Crippen molar-refractivity contribution in [3.8, 4) is 0 Å². The molecule has 4 heteroatoms. The van der Waals surface area contributed by atoms with Crippen LogP contribution >= 0.6 is 0 Å². The molecule has 0 aliphatic rings. The van der Waals surface area contributed by atoms with Crippen molar-refractivity contribution in [3.63, 3.8) is 0 Å². The van der Waals surface area contributed by atoms with Crippen molar-refractivity contribution < 1.29 is 9.47 Å². The Hall–Kier alpha value is -0.160. The predicted octanol–water partition coefficient (Wildman–Crippen LogP) is 2.00. The minimum absolute atomic E-state index is 0.566. The largest absolute Gasteiger partial charge is 0.385 e. The molecule has 0 aromatic heterocycles. The Morgan fingerprint density at radius 1 is 1.05 bits per heavy atom. The molecular formula is C15H34N2O2. The van der Waals surface area contributed by atoms with Crippen LogP contribution in [0.15, 0.2) is 0 Å². The van der Waals surface area contributed by atoms with Crippen LogP contribution in [0.2, 0.25) is 0 Å². The lowest BCUT2D eigenvalue weighted by atomic mass is 10.0. The number of nitrogens with zero attached hydrogens (tertiary/aromatic N) is 1. The van der Waals surface area contributed by atoms with Crippen molar-refractivity contribution >= 4 is 0 Å². The summed E-state index contributed by atoms with van der Waals surface area (Å²) in [5.74, 6) is 0.644. The fourth-order valence-corrected chi connectivity index (χ4v) is 2.18. The van der Waals surface area contributed by atoms with Crippen LogP contribution in [0.4, 0.5) is 0 Å². The zero-order valence-corrected chi connectivity index (χ0v) is 13.6. The van der Waals surface area contributed by atoms with Crippen LogP contribution in [0.3, 0.4) is 0 Å². The van der Waals surface area contributed by atoms with Crippen LogP contribution in [0.5, 0.6) is 0 Å². The second kappa shape index (κ2) is 12.9. The minimum atomic E-state index is 0.566. The molecule has 0 radical (unpaired) electrons. The van der Waals surface area contributed by atoms with E-state index in [2.05, 4.69) is 31.0 Å². The third-order valence-corrected chi connectivity index (χ3v) is 3.67. The molecule has 0 saturated carbocycles. The van der Waals surface area contributed by atoms with Gasteiger partial charge in [-0.25, -0.2) is 0 Å². The van der Waals surface area contributed by atoms with Gasteiger partial charge in [-0.3, -0.25) is 4.90 Å². The van der Waals surface area contributed by atoms with Gasteiger partial charge in [0, 0.05) is 40.0 Å². The Balaban J connectivity index is 4.12. The second-order valence-corrected chi connectivity index (χ2v) is 5.30. The summed E-state index contributed by atoms with van der Waals surface area (Å²) in [6.07, 6.45) is 2.28. The predicted molar refractivity (Wildman–Crippen MR) is 81.7 cm³/mol. The van der Waals surface area contributed by atoms with Gasteiger partial charge >= 0.3 is 0 Å². The zero-order chi connectivity index (χ0) is 14.5. The molecule has 0 aromatic carbocycles. The molecule has 4 nitrogen and oxygen atoms in total. The van der Waals surface area contributed by atoms with Crippen LogP contribution in [0.25, 0.3) is 0 Å². The second-order valence-electron chi connectivity index (χ2n) is 5.30. The highest BCUT2D eigenvalue weighted by atomic mass is 16.5. The summed E-state index contributed by atoms with van der Waals surface area (Å²) in [5, 5.41) is 3.51. The smallest absolute Gasteiger partial charge is 0.0589 e. The van der Waals surface area contributed by atoms with Gasteiger partial charge in [0.1, 0.15) is 0 Å². The van der Waals surface area contributed by atoms with Crippen molar-refractivity contribution in [1.82, 2.24) is 10.2 Å². The Morgan fingerprint density at radius 2 is 1.74 bits per heavy atom. The first-order chi connectivity index (χ1) is 9.17. The van der Waals surface area contributed by atoms with Crippen LogP contribution in [-0.4, -0.2) is 64.6 Å². The molecule has 2 unspecified atom stereocenters. The Kier molecular flexibility index (Phi) is 12.7. The molecule has 0 heterocycles. The highest BCUT2D eigenvalue weighted by Crippen LogP contribution is 2.11. The molecule has 0 saturated heterocycles. The van der Waals surface area contributed by atoms with E-state index >= 15 is 0 Å². The number of rotatable bonds is 13. The van der Waals surface area contributed by atoms with E-state index in [0.29, 0.717) is 12.0 Å². The van der Waals surface area contributed by atoms with E-state index in [0.717, 1.165) is 45.8 Å². The van der Waals surface area contributed by atoms with E-state index in [9.17, 15) is 0 Å². The topological polar surface area (TPSA) is 33.7 Å². The molecule has 1 N–H and O–H groups in total. The minimum Gasteiger partial charge on any atom is -0.385 e. The third kappa shape index (κ3) is 9.38. The molecule has 0 aliphatic heterocycles. The summed E-state index contributed by atoms with van der Waals surface area (Å²) < 4.78 is 10.4. The van der Waals surface area contributed by atoms with Gasteiger partial charge in [-0.2, -0.15) is 0 Å². The lowest BCUT2D eigenvalue weighted by molar-refractivity contribution is 0.0923. The highest BCUT2D eigenvalue weighted by Gasteiger charge is 2.19. The summed E-state index contributed by atoms with van der Waals surface area (Å²) in [5.41, 5.74) is 0. The molecule has 0 aliphatic carbocycles. The van der Waals surface area contributed by atoms with Crippen molar-refractivity contribution in [2.75, 3.05) is 53.6 Å². The normalized spacial score (nSPS) is 14.8. The van der Waals surface area contributed by atoms with E-state index in [-0.39, 0.29) is 0 Å². The van der Waals surface area contributed by atoms with Gasteiger partial charge in [0.25, 0.3) is 0 Å². The van der Waals surface area contributed by atoms with Crippen molar-refractivity contribution in [3.05, 3.63) is 0 Å². The molecule has 2 atom stereocenters. The average Bonchev–Trinajstić information content (AvgIpc) is 2.42. The quantitative estimate of drug-likeness (QED) is 0.521. The first-order valence-corrected chi connectivity index (χ1v) is 7.59. The van der Waals surface area contributed by atoms with Gasteiger partial charge < -0.3 is 14.8 Å². The Morgan fingerprint density at radius 3 is 2.32 bits per heavy atom. The lowest BCUT2D eigenvalue weighted by Crippen LogP contribution is -2.43. The van der Waals surface area contributed by atoms with Gasteiger partial charge in [0.15, 0.2) is 0 Å². The summed E-state index contributed by atoms with van der Waals surface area (Å²) in [6.45, 7) is 12.8. The molecule has 0 fully saturated rings. The van der Waals surface area contributed by atoms with E-state index in [1.165, 1.54) is 6.42 Å². The lowest BCUT2D eigenvalue weighted by Gasteiger charge is -2.33. The number of ether oxygens (including phenoxy) is 2. The average molecular weight is 274 g/mol. The van der Waals surface area contributed by atoms with Crippen molar-refractivity contribution in [2.45, 2.75) is 39.7 Å². The number of methoxy groups -OCH3 is 2. The van der Waals surface area contributed by atoms with E-state index < -0.39 is 0 Å². The first-order valence-electron chi connectivity index (χ1n) is 7.59. The zero-order valence-electron chi connectivity index (χ0n) is 13.6. The van der Waals surface area contributed by atoms with E-state index in [1.54, 1.807) is 14.2 Å². The summed E-state index contributed by atoms with van der Waals surface area (Å²) >= 11 is 0. The summed E-state index contributed by atoms with van der Waals surface area (Å²) in [7, 11) is 3.53. The van der Waals surface area contributed by atoms with Gasteiger partial charge in [0.05, 0.1) is 6.61 Å². The van der Waals surface area contributed by atoms with E-state index in [1.807, 2.05) is 0 Å². The molecule has 19 heavy (non-hydrogen) atoms. The van der Waals surface area contributed by atoms with Gasteiger partial charge in [-0.1, -0.05) is 13.8 Å².